The van der Waals surface area contributed by atoms with E-state index in [9.17, 15) is 27.5 Å². The number of nitrogens with zero attached hydrogens (tertiary/aromatic N) is 2. The third-order valence-electron chi connectivity index (χ3n) is 7.12. The molecule has 1 aromatic heterocycles. The molecule has 198 valence electrons. The zero-order chi connectivity index (χ0) is 26.6. The molecule has 4 rings (SSSR count). The molecule has 6 nitrogen and oxygen atoms in total. The van der Waals surface area contributed by atoms with Gasteiger partial charge in [-0.2, -0.15) is 0 Å². The van der Waals surface area contributed by atoms with Gasteiger partial charge in [-0.25, -0.2) is 17.6 Å². The van der Waals surface area contributed by atoms with Crippen molar-refractivity contribution in [2.75, 3.05) is 33.4 Å². The van der Waals surface area contributed by atoms with Gasteiger partial charge in [-0.15, -0.1) is 0 Å². The fourth-order valence-corrected chi connectivity index (χ4v) is 4.87. The molecule has 0 saturated carbocycles. The van der Waals surface area contributed by atoms with Crippen LogP contribution in [0.1, 0.15) is 31.2 Å². The molecule has 1 fully saturated rings. The van der Waals surface area contributed by atoms with Crippen LogP contribution in [0.2, 0.25) is 0 Å². The number of likely N-dealkylation sites (tertiary alicyclic amines) is 1. The van der Waals surface area contributed by atoms with E-state index in [1.54, 1.807) is 18.2 Å². The first-order valence-electron chi connectivity index (χ1n) is 12.1. The van der Waals surface area contributed by atoms with E-state index in [-0.39, 0.29) is 12.4 Å². The summed E-state index contributed by atoms with van der Waals surface area (Å²) in [7, 11) is 1.53. The number of carbonyl (C=O) groups is 1. The lowest BCUT2D eigenvalue weighted by Gasteiger charge is -2.39. The highest BCUT2D eigenvalue weighted by Gasteiger charge is 2.40. The van der Waals surface area contributed by atoms with E-state index in [2.05, 4.69) is 4.98 Å². The van der Waals surface area contributed by atoms with Gasteiger partial charge >= 0.3 is 5.97 Å². The van der Waals surface area contributed by atoms with Crippen LogP contribution in [0.4, 0.5) is 17.6 Å². The Balaban J connectivity index is 1.32. The average molecular weight is 521 g/mol. The number of carboxylic acids is 1. The Labute approximate surface area is 211 Å². The van der Waals surface area contributed by atoms with Gasteiger partial charge in [0, 0.05) is 24.1 Å². The maximum atomic E-state index is 14.6. The highest BCUT2D eigenvalue weighted by Crippen LogP contribution is 2.37. The number of halogens is 4. The highest BCUT2D eigenvalue weighted by molar-refractivity contribution is 5.83. The van der Waals surface area contributed by atoms with Gasteiger partial charge in [0.2, 0.25) is 0 Å². The molecule has 0 bridgehead atoms. The minimum atomic E-state index is -1.55. The normalized spacial score (nSPS) is 15.6. The van der Waals surface area contributed by atoms with E-state index in [4.69, 9.17) is 9.47 Å². The van der Waals surface area contributed by atoms with Crippen LogP contribution in [-0.4, -0.2) is 54.3 Å². The Morgan fingerprint density at radius 2 is 1.76 bits per heavy atom. The zero-order valence-electron chi connectivity index (χ0n) is 20.4. The Morgan fingerprint density at radius 1 is 1.05 bits per heavy atom. The standard InChI is InChI=1S/C27H28F4N2O4/c1-36-17-4-5-24-20(13-17)19(23(30)16-32-24)3-2-6-27(26(34)35)7-9-33(10-8-27)11-12-37-18-14-21(28)25(31)22(29)15-18/h4-5,13-16H,2-3,6-12H2,1H3,(H,34,35). The van der Waals surface area contributed by atoms with E-state index in [1.165, 1.54) is 13.3 Å². The summed E-state index contributed by atoms with van der Waals surface area (Å²) in [4.78, 5) is 18.4. The Hall–Kier alpha value is -3.40. The van der Waals surface area contributed by atoms with Crippen molar-refractivity contribution in [2.45, 2.75) is 32.1 Å². The first-order chi connectivity index (χ1) is 17.7. The molecule has 10 heteroatoms. The average Bonchev–Trinajstić information content (AvgIpc) is 2.89. The first kappa shape index (κ1) is 26.7. The fraction of sp³-hybridized carbons (Fsp3) is 0.407. The maximum absolute atomic E-state index is 14.6. The number of carboxylic acid groups (broad SMARTS) is 1. The van der Waals surface area contributed by atoms with E-state index in [0.717, 1.165) is 12.1 Å². The summed E-state index contributed by atoms with van der Waals surface area (Å²) < 4.78 is 65.0. The second-order valence-corrected chi connectivity index (χ2v) is 9.30. The number of aliphatic carboxylic acids is 1. The summed E-state index contributed by atoms with van der Waals surface area (Å²) in [5, 5.41) is 10.7. The predicted molar refractivity (Wildman–Crippen MR) is 129 cm³/mol. The van der Waals surface area contributed by atoms with Gasteiger partial charge < -0.3 is 14.6 Å². The number of hydrogen-bond acceptors (Lipinski definition) is 5. The lowest BCUT2D eigenvalue weighted by molar-refractivity contribution is -0.152. The van der Waals surface area contributed by atoms with Crippen LogP contribution in [-0.2, 0) is 11.2 Å². The SMILES string of the molecule is COc1ccc2ncc(F)c(CCCC3(C(=O)O)CCN(CCOc4cc(F)c(F)c(F)c4)CC3)c2c1. The van der Waals surface area contributed by atoms with Crippen LogP contribution in [0.15, 0.2) is 36.5 Å². The Morgan fingerprint density at radius 3 is 2.41 bits per heavy atom. The molecule has 0 spiro atoms. The van der Waals surface area contributed by atoms with E-state index in [0.29, 0.717) is 74.0 Å². The number of benzene rings is 2. The number of hydrogen-bond donors (Lipinski definition) is 1. The van der Waals surface area contributed by atoms with Crippen LogP contribution in [0.25, 0.3) is 10.9 Å². The van der Waals surface area contributed by atoms with Crippen molar-refractivity contribution < 1.29 is 36.9 Å². The van der Waals surface area contributed by atoms with Crippen molar-refractivity contribution in [1.82, 2.24) is 9.88 Å². The molecular weight excluding hydrogens is 492 g/mol. The van der Waals surface area contributed by atoms with E-state index < -0.39 is 34.7 Å². The van der Waals surface area contributed by atoms with Crippen molar-refractivity contribution in [3.63, 3.8) is 0 Å². The monoisotopic (exact) mass is 520 g/mol. The lowest BCUT2D eigenvalue weighted by Crippen LogP contribution is -2.45. The molecule has 0 amide bonds. The predicted octanol–water partition coefficient (Wildman–Crippen LogP) is 5.37. The van der Waals surface area contributed by atoms with Crippen molar-refractivity contribution in [3.05, 3.63) is 65.4 Å². The topological polar surface area (TPSA) is 71.9 Å². The number of piperidine rings is 1. The van der Waals surface area contributed by atoms with Crippen molar-refractivity contribution >= 4 is 16.9 Å². The van der Waals surface area contributed by atoms with Gasteiger partial charge in [-0.3, -0.25) is 14.7 Å². The van der Waals surface area contributed by atoms with Gasteiger partial charge in [-0.1, -0.05) is 0 Å². The molecule has 1 N–H and O–H groups in total. The van der Waals surface area contributed by atoms with Gasteiger partial charge in [-0.05, 0) is 69.0 Å². The highest BCUT2D eigenvalue weighted by atomic mass is 19.2. The largest absolute Gasteiger partial charge is 0.497 e. The van der Waals surface area contributed by atoms with Crippen LogP contribution in [0, 0.1) is 28.7 Å². The molecule has 37 heavy (non-hydrogen) atoms. The molecule has 0 unspecified atom stereocenters. The molecule has 0 aliphatic carbocycles. The molecule has 1 aliphatic heterocycles. The minimum Gasteiger partial charge on any atom is -0.497 e. The van der Waals surface area contributed by atoms with Gasteiger partial charge in [0.15, 0.2) is 17.5 Å². The molecule has 0 atom stereocenters. The van der Waals surface area contributed by atoms with Crippen molar-refractivity contribution in [3.8, 4) is 11.5 Å². The first-order valence-corrected chi connectivity index (χ1v) is 12.1. The molecule has 1 saturated heterocycles. The smallest absolute Gasteiger partial charge is 0.309 e. The number of rotatable bonds is 10. The number of aromatic nitrogens is 1. The van der Waals surface area contributed by atoms with Crippen molar-refractivity contribution in [1.29, 1.82) is 0 Å². The summed E-state index contributed by atoms with van der Waals surface area (Å²) >= 11 is 0. The van der Waals surface area contributed by atoms with Gasteiger partial charge in [0.05, 0.1) is 24.2 Å². The second kappa shape index (κ2) is 11.3. The Bertz CT molecular complexity index is 1260. The van der Waals surface area contributed by atoms with Crippen LogP contribution >= 0.6 is 0 Å². The molecule has 2 heterocycles. The summed E-state index contributed by atoms with van der Waals surface area (Å²) in [6, 6.07) is 6.83. The van der Waals surface area contributed by atoms with Crippen LogP contribution in [0.5, 0.6) is 11.5 Å². The van der Waals surface area contributed by atoms with Crippen LogP contribution < -0.4 is 9.47 Å². The molecule has 2 aromatic carbocycles. The Kier molecular flexibility index (Phi) is 8.16. The summed E-state index contributed by atoms with van der Waals surface area (Å²) in [5.41, 5.74) is 0.219. The number of aryl methyl sites for hydroxylation is 1. The number of ether oxygens (including phenoxy) is 2. The van der Waals surface area contributed by atoms with Crippen molar-refractivity contribution in [2.24, 2.45) is 5.41 Å². The summed E-state index contributed by atoms with van der Waals surface area (Å²) in [5.74, 6) is -5.01. The third-order valence-corrected chi connectivity index (χ3v) is 7.12. The zero-order valence-corrected chi connectivity index (χ0v) is 20.4. The molecule has 3 aromatic rings. The van der Waals surface area contributed by atoms with E-state index >= 15 is 0 Å². The molecule has 0 radical (unpaired) electrons. The summed E-state index contributed by atoms with van der Waals surface area (Å²) in [6.07, 6.45) is 3.27. The van der Waals surface area contributed by atoms with Gasteiger partial charge in [0.1, 0.15) is 23.9 Å². The quantitative estimate of drug-likeness (QED) is 0.286. The fourth-order valence-electron chi connectivity index (χ4n) is 4.87. The third kappa shape index (κ3) is 5.95. The molecule has 1 aliphatic rings. The van der Waals surface area contributed by atoms with E-state index in [1.807, 2.05) is 4.90 Å². The molecular formula is C27H28F4N2O4. The maximum Gasteiger partial charge on any atom is 0.309 e. The minimum absolute atomic E-state index is 0.109. The summed E-state index contributed by atoms with van der Waals surface area (Å²) in [6.45, 7) is 1.55. The number of methoxy groups -OCH3 is 1. The second-order valence-electron chi connectivity index (χ2n) is 9.30. The van der Waals surface area contributed by atoms with Gasteiger partial charge in [0.25, 0.3) is 0 Å². The number of pyridine rings is 1. The van der Waals surface area contributed by atoms with Crippen LogP contribution in [0.3, 0.4) is 0 Å². The number of fused-ring (bicyclic) bond motifs is 1. The lowest BCUT2D eigenvalue weighted by atomic mass is 9.74.